The lowest BCUT2D eigenvalue weighted by Gasteiger charge is -2.19. The molecule has 1 aromatic carbocycles. The highest BCUT2D eigenvalue weighted by Gasteiger charge is 2.28. The Morgan fingerprint density at radius 1 is 1.28 bits per heavy atom. The summed E-state index contributed by atoms with van der Waals surface area (Å²) in [6.45, 7) is 5.83. The van der Waals surface area contributed by atoms with Crippen LogP contribution in [0, 0.1) is 12.8 Å². The minimum Gasteiger partial charge on any atom is -0.467 e. The van der Waals surface area contributed by atoms with Crippen molar-refractivity contribution in [2.45, 2.75) is 33.4 Å². The van der Waals surface area contributed by atoms with Gasteiger partial charge in [0.1, 0.15) is 11.2 Å². The lowest BCUT2D eigenvalue weighted by atomic mass is 10.0. The van der Waals surface area contributed by atoms with Crippen LogP contribution in [0.25, 0.3) is 0 Å². The molecule has 1 aromatic heterocycles. The van der Waals surface area contributed by atoms with Crippen molar-refractivity contribution < 1.29 is 14.3 Å². The molecule has 1 heterocycles. The molecule has 6 nitrogen and oxygen atoms in total. The Balaban J connectivity index is 2.24. The molecule has 1 amide bonds. The number of ether oxygens (including phenoxy) is 1. The Bertz CT molecular complexity index is 756. The van der Waals surface area contributed by atoms with Gasteiger partial charge in [0.25, 0.3) is 5.91 Å². The SMILES string of the molecule is COC(=O)C(NC(=O)c1c(C)nn(Cc2ccccc2)c1Cl)C(C)C. The number of benzene rings is 1. The molecule has 2 rings (SSSR count). The van der Waals surface area contributed by atoms with Gasteiger partial charge in [-0.15, -0.1) is 0 Å². The van der Waals surface area contributed by atoms with Crippen LogP contribution in [0.5, 0.6) is 0 Å². The highest BCUT2D eigenvalue weighted by Crippen LogP contribution is 2.21. The topological polar surface area (TPSA) is 73.2 Å². The first kappa shape index (κ1) is 19.0. The van der Waals surface area contributed by atoms with Gasteiger partial charge in [-0.3, -0.25) is 4.79 Å². The van der Waals surface area contributed by atoms with E-state index in [9.17, 15) is 9.59 Å². The maximum absolute atomic E-state index is 12.6. The third kappa shape index (κ3) is 4.39. The Hall–Kier alpha value is -2.34. The average molecular weight is 364 g/mol. The zero-order valence-electron chi connectivity index (χ0n) is 14.7. The summed E-state index contributed by atoms with van der Waals surface area (Å²) in [5, 5.41) is 7.28. The number of nitrogens with zero attached hydrogens (tertiary/aromatic N) is 2. The summed E-state index contributed by atoms with van der Waals surface area (Å²) < 4.78 is 6.32. The number of nitrogens with one attached hydrogen (secondary N) is 1. The first-order valence-electron chi connectivity index (χ1n) is 8.00. The van der Waals surface area contributed by atoms with Crippen LogP contribution in [-0.4, -0.2) is 34.8 Å². The van der Waals surface area contributed by atoms with Crippen molar-refractivity contribution in [3.63, 3.8) is 0 Å². The first-order valence-corrected chi connectivity index (χ1v) is 8.38. The summed E-state index contributed by atoms with van der Waals surface area (Å²) in [6.07, 6.45) is 0. The molecule has 0 saturated carbocycles. The van der Waals surface area contributed by atoms with Gasteiger partial charge >= 0.3 is 5.97 Å². The van der Waals surface area contributed by atoms with Gasteiger partial charge in [-0.25, -0.2) is 9.48 Å². The van der Waals surface area contributed by atoms with E-state index in [1.807, 2.05) is 44.2 Å². The molecule has 7 heteroatoms. The molecule has 0 fully saturated rings. The highest BCUT2D eigenvalue weighted by atomic mass is 35.5. The van der Waals surface area contributed by atoms with Crippen LogP contribution < -0.4 is 5.32 Å². The summed E-state index contributed by atoms with van der Waals surface area (Å²) in [7, 11) is 1.29. The van der Waals surface area contributed by atoms with Crippen molar-refractivity contribution in [2.75, 3.05) is 7.11 Å². The van der Waals surface area contributed by atoms with E-state index in [4.69, 9.17) is 16.3 Å². The smallest absolute Gasteiger partial charge is 0.328 e. The van der Waals surface area contributed by atoms with Gasteiger partial charge in [0.2, 0.25) is 0 Å². The number of carbonyl (C=O) groups is 2. The number of hydrogen-bond acceptors (Lipinski definition) is 4. The standard InChI is InChI=1S/C18H22ClN3O3/c1-11(2)15(18(24)25-4)20-17(23)14-12(3)21-22(16(14)19)10-13-8-6-5-7-9-13/h5-9,11,15H,10H2,1-4H3,(H,20,23). The summed E-state index contributed by atoms with van der Waals surface area (Å²) in [5.74, 6) is -1.05. The van der Waals surface area contributed by atoms with E-state index >= 15 is 0 Å². The minimum absolute atomic E-state index is 0.116. The predicted molar refractivity (Wildman–Crippen MR) is 95.6 cm³/mol. The van der Waals surface area contributed by atoms with Gasteiger partial charge in [0, 0.05) is 0 Å². The van der Waals surface area contributed by atoms with E-state index in [-0.39, 0.29) is 16.6 Å². The molecule has 1 atom stereocenters. The molecular formula is C18H22ClN3O3. The van der Waals surface area contributed by atoms with Crippen molar-refractivity contribution in [1.82, 2.24) is 15.1 Å². The molecule has 0 aliphatic heterocycles. The molecule has 0 bridgehead atoms. The second-order valence-corrected chi connectivity index (χ2v) is 6.47. The number of methoxy groups -OCH3 is 1. The first-order chi connectivity index (χ1) is 11.8. The van der Waals surface area contributed by atoms with E-state index in [1.54, 1.807) is 11.6 Å². The van der Waals surface area contributed by atoms with Crippen LogP contribution in [0.3, 0.4) is 0 Å². The predicted octanol–water partition coefficient (Wildman–Crippen LogP) is 2.82. The van der Waals surface area contributed by atoms with Crippen molar-refractivity contribution in [3.8, 4) is 0 Å². The van der Waals surface area contributed by atoms with Crippen molar-refractivity contribution in [3.05, 3.63) is 52.3 Å². The van der Waals surface area contributed by atoms with Crippen LogP contribution in [0.4, 0.5) is 0 Å². The van der Waals surface area contributed by atoms with Gasteiger partial charge in [0.15, 0.2) is 0 Å². The van der Waals surface area contributed by atoms with Gasteiger partial charge in [-0.1, -0.05) is 55.8 Å². The molecule has 134 valence electrons. The Morgan fingerprint density at radius 2 is 1.92 bits per heavy atom. The number of esters is 1. The van der Waals surface area contributed by atoms with Crippen LogP contribution in [0.1, 0.15) is 35.5 Å². The number of halogens is 1. The van der Waals surface area contributed by atoms with E-state index in [0.29, 0.717) is 12.2 Å². The normalized spacial score (nSPS) is 12.1. The lowest BCUT2D eigenvalue weighted by Crippen LogP contribution is -2.45. The van der Waals surface area contributed by atoms with E-state index in [0.717, 1.165) is 5.56 Å². The molecule has 1 N–H and O–H groups in total. The molecule has 2 aromatic rings. The molecule has 25 heavy (non-hydrogen) atoms. The fourth-order valence-corrected chi connectivity index (χ4v) is 2.83. The van der Waals surface area contributed by atoms with E-state index < -0.39 is 17.9 Å². The number of aromatic nitrogens is 2. The fourth-order valence-electron chi connectivity index (χ4n) is 2.51. The van der Waals surface area contributed by atoms with E-state index in [2.05, 4.69) is 10.4 Å². The van der Waals surface area contributed by atoms with Gasteiger partial charge in [0.05, 0.1) is 24.9 Å². The largest absolute Gasteiger partial charge is 0.467 e. The third-order valence-electron chi connectivity index (χ3n) is 3.88. The third-order valence-corrected chi connectivity index (χ3v) is 4.26. The van der Waals surface area contributed by atoms with Crippen LogP contribution in [0.15, 0.2) is 30.3 Å². The van der Waals surface area contributed by atoms with E-state index in [1.165, 1.54) is 7.11 Å². The molecule has 0 aliphatic rings. The van der Waals surface area contributed by atoms with Gasteiger partial charge in [-0.2, -0.15) is 5.10 Å². The summed E-state index contributed by atoms with van der Waals surface area (Å²) in [6, 6.07) is 8.95. The molecular weight excluding hydrogens is 342 g/mol. The Morgan fingerprint density at radius 3 is 2.48 bits per heavy atom. The Kier molecular flexibility index (Phi) is 6.20. The fraction of sp³-hybridized carbons (Fsp3) is 0.389. The summed E-state index contributed by atoms with van der Waals surface area (Å²) in [5.41, 5.74) is 1.80. The number of aryl methyl sites for hydroxylation is 1. The maximum Gasteiger partial charge on any atom is 0.328 e. The van der Waals surface area contributed by atoms with Gasteiger partial charge < -0.3 is 10.1 Å². The number of amides is 1. The zero-order chi connectivity index (χ0) is 18.6. The van der Waals surface area contributed by atoms with Crippen LogP contribution in [-0.2, 0) is 16.1 Å². The monoisotopic (exact) mass is 363 g/mol. The van der Waals surface area contributed by atoms with Crippen molar-refractivity contribution >= 4 is 23.5 Å². The second-order valence-electron chi connectivity index (χ2n) is 6.11. The minimum atomic E-state index is -0.745. The molecule has 1 unspecified atom stereocenters. The van der Waals surface area contributed by atoms with Crippen molar-refractivity contribution in [2.24, 2.45) is 5.92 Å². The molecule has 0 saturated heterocycles. The number of carbonyl (C=O) groups excluding carboxylic acids is 2. The highest BCUT2D eigenvalue weighted by molar-refractivity contribution is 6.33. The average Bonchev–Trinajstić information content (AvgIpc) is 2.86. The maximum atomic E-state index is 12.6. The quantitative estimate of drug-likeness (QED) is 0.801. The molecule has 0 aliphatic carbocycles. The van der Waals surface area contributed by atoms with Crippen LogP contribution >= 0.6 is 11.6 Å². The zero-order valence-corrected chi connectivity index (χ0v) is 15.5. The number of hydrogen-bond donors (Lipinski definition) is 1. The Labute approximate surface area is 152 Å². The molecule has 0 spiro atoms. The van der Waals surface area contributed by atoms with Gasteiger partial charge in [-0.05, 0) is 18.4 Å². The van der Waals surface area contributed by atoms with Crippen molar-refractivity contribution in [1.29, 1.82) is 0 Å². The second kappa shape index (κ2) is 8.16. The lowest BCUT2D eigenvalue weighted by molar-refractivity contribution is -0.144. The van der Waals surface area contributed by atoms with Crippen LogP contribution in [0.2, 0.25) is 5.15 Å². The molecule has 0 radical (unpaired) electrons. The summed E-state index contributed by atoms with van der Waals surface area (Å²) in [4.78, 5) is 24.5. The number of rotatable bonds is 6. The summed E-state index contributed by atoms with van der Waals surface area (Å²) >= 11 is 6.37.